The molecule has 1 aromatic carbocycles. The third-order valence-electron chi connectivity index (χ3n) is 4.18. The van der Waals surface area contributed by atoms with Crippen molar-refractivity contribution in [2.75, 3.05) is 0 Å². The molecule has 2 atom stereocenters. The monoisotopic (exact) mass is 229 g/mol. The Balaban J connectivity index is 2.05. The van der Waals surface area contributed by atoms with Crippen LogP contribution in [0.4, 0.5) is 0 Å². The molecule has 0 amide bonds. The summed E-state index contributed by atoms with van der Waals surface area (Å²) in [5, 5.41) is 0. The lowest BCUT2D eigenvalue weighted by molar-refractivity contribution is 0.257. The number of hydrogen-bond acceptors (Lipinski definition) is 0. The van der Waals surface area contributed by atoms with Crippen LogP contribution >= 0.6 is 0 Å². The minimum Gasteiger partial charge on any atom is -0.0625 e. The van der Waals surface area contributed by atoms with Crippen molar-refractivity contribution in [2.24, 2.45) is 17.8 Å². The Morgan fingerprint density at radius 3 is 2.47 bits per heavy atom. The molecule has 1 fully saturated rings. The van der Waals surface area contributed by atoms with E-state index in [1.807, 2.05) is 0 Å². The second-order valence-corrected chi connectivity index (χ2v) is 6.06. The average molecular weight is 229 g/mol. The van der Waals surface area contributed by atoms with Gasteiger partial charge < -0.3 is 0 Å². The Kier molecular flexibility index (Phi) is 4.25. The summed E-state index contributed by atoms with van der Waals surface area (Å²) < 4.78 is 0. The summed E-state index contributed by atoms with van der Waals surface area (Å²) >= 11 is 0. The van der Waals surface area contributed by atoms with Crippen molar-refractivity contribution in [3.8, 4) is 0 Å². The predicted octanol–water partition coefficient (Wildman–Crippen LogP) is 4.90. The van der Waals surface area contributed by atoms with Crippen LogP contribution in [0, 0.1) is 23.7 Å². The molecule has 1 aliphatic carbocycles. The largest absolute Gasteiger partial charge is 0.0625 e. The first-order valence-corrected chi connectivity index (χ1v) is 7.05. The molecule has 17 heavy (non-hydrogen) atoms. The minimum absolute atomic E-state index is 0.807. The minimum atomic E-state index is 0.807. The Labute approximate surface area is 106 Å². The molecule has 0 N–H and O–H groups in total. The van der Waals surface area contributed by atoms with Crippen LogP contribution in [0.3, 0.4) is 0 Å². The third-order valence-corrected chi connectivity index (χ3v) is 4.18. The quantitative estimate of drug-likeness (QED) is 0.692. The molecule has 1 radical (unpaired) electrons. The van der Waals surface area contributed by atoms with Crippen molar-refractivity contribution in [1.82, 2.24) is 0 Å². The molecular weight excluding hydrogens is 204 g/mol. The van der Waals surface area contributed by atoms with E-state index in [9.17, 15) is 0 Å². The lowest BCUT2D eigenvalue weighted by Crippen LogP contribution is -2.27. The highest BCUT2D eigenvalue weighted by molar-refractivity contribution is 5.21. The summed E-state index contributed by atoms with van der Waals surface area (Å²) in [5.74, 6) is 4.35. The van der Waals surface area contributed by atoms with Gasteiger partial charge in [-0.3, -0.25) is 0 Å². The van der Waals surface area contributed by atoms with Crippen LogP contribution in [0.15, 0.2) is 30.3 Å². The molecule has 0 heteroatoms. The summed E-state index contributed by atoms with van der Waals surface area (Å²) in [6, 6.07) is 11.0. The predicted molar refractivity (Wildman–Crippen MR) is 74.7 cm³/mol. The lowest BCUT2D eigenvalue weighted by atomic mass is 9.68. The van der Waals surface area contributed by atoms with E-state index in [0.717, 1.165) is 17.8 Å². The highest BCUT2D eigenvalue weighted by Gasteiger charge is 2.30. The van der Waals surface area contributed by atoms with Crippen LogP contribution in [0.2, 0.25) is 0 Å². The molecule has 0 spiro atoms. The van der Waals surface area contributed by atoms with E-state index >= 15 is 0 Å². The van der Waals surface area contributed by atoms with Crippen LogP contribution in [0.25, 0.3) is 0 Å². The van der Waals surface area contributed by atoms with Gasteiger partial charge in [-0.1, -0.05) is 57.5 Å². The maximum atomic E-state index is 2.40. The van der Waals surface area contributed by atoms with Gasteiger partial charge in [-0.2, -0.15) is 0 Å². The SMILES string of the molecule is CC1CCC(C(C)C)[C](Cc2ccccc2)C1. The van der Waals surface area contributed by atoms with Gasteiger partial charge in [-0.15, -0.1) is 0 Å². The highest BCUT2D eigenvalue weighted by atomic mass is 14.4. The second-order valence-electron chi connectivity index (χ2n) is 6.06. The number of benzene rings is 1. The van der Waals surface area contributed by atoms with Gasteiger partial charge in [0.05, 0.1) is 0 Å². The summed E-state index contributed by atoms with van der Waals surface area (Å²) in [6.45, 7) is 7.17. The van der Waals surface area contributed by atoms with Gasteiger partial charge in [0.1, 0.15) is 0 Å². The second kappa shape index (κ2) is 5.71. The Hall–Kier alpha value is -0.780. The zero-order chi connectivity index (χ0) is 12.3. The maximum Gasteiger partial charge on any atom is -0.0161 e. The lowest BCUT2D eigenvalue weighted by Gasteiger charge is -2.37. The molecule has 0 saturated heterocycles. The molecule has 0 aliphatic heterocycles. The summed E-state index contributed by atoms with van der Waals surface area (Å²) in [5.41, 5.74) is 1.49. The van der Waals surface area contributed by atoms with Crippen molar-refractivity contribution in [2.45, 2.75) is 46.5 Å². The fourth-order valence-corrected chi connectivity index (χ4v) is 3.24. The van der Waals surface area contributed by atoms with E-state index in [1.54, 1.807) is 5.92 Å². The molecule has 0 nitrogen and oxygen atoms in total. The molecule has 2 unspecified atom stereocenters. The van der Waals surface area contributed by atoms with E-state index in [4.69, 9.17) is 0 Å². The van der Waals surface area contributed by atoms with Crippen LogP contribution < -0.4 is 0 Å². The van der Waals surface area contributed by atoms with E-state index < -0.39 is 0 Å². The van der Waals surface area contributed by atoms with E-state index in [2.05, 4.69) is 51.1 Å². The van der Waals surface area contributed by atoms with Crippen molar-refractivity contribution in [1.29, 1.82) is 0 Å². The van der Waals surface area contributed by atoms with E-state index in [-0.39, 0.29) is 0 Å². The van der Waals surface area contributed by atoms with Gasteiger partial charge in [0.15, 0.2) is 0 Å². The molecule has 1 saturated carbocycles. The Morgan fingerprint density at radius 2 is 1.82 bits per heavy atom. The number of rotatable bonds is 3. The zero-order valence-electron chi connectivity index (χ0n) is 11.4. The van der Waals surface area contributed by atoms with E-state index in [1.165, 1.54) is 31.2 Å². The number of hydrogen-bond donors (Lipinski definition) is 0. The van der Waals surface area contributed by atoms with Crippen LogP contribution in [0.1, 0.15) is 45.6 Å². The molecule has 0 heterocycles. The van der Waals surface area contributed by atoms with E-state index in [0.29, 0.717) is 0 Å². The normalized spacial score (nSPS) is 26.4. The molecule has 2 rings (SSSR count). The van der Waals surface area contributed by atoms with Crippen molar-refractivity contribution in [3.63, 3.8) is 0 Å². The standard InChI is InChI=1S/C17H25/c1-13(2)17-10-9-14(3)11-16(17)12-15-7-5-4-6-8-15/h4-8,13-14,17H,9-12H2,1-3H3. The van der Waals surface area contributed by atoms with Crippen LogP contribution in [-0.2, 0) is 6.42 Å². The van der Waals surface area contributed by atoms with Gasteiger partial charge in [0, 0.05) is 0 Å². The van der Waals surface area contributed by atoms with Gasteiger partial charge in [-0.25, -0.2) is 0 Å². The third kappa shape index (κ3) is 3.34. The van der Waals surface area contributed by atoms with Crippen molar-refractivity contribution >= 4 is 0 Å². The fraction of sp³-hybridized carbons (Fsp3) is 0.588. The first-order valence-electron chi connectivity index (χ1n) is 7.05. The Morgan fingerprint density at radius 1 is 1.12 bits per heavy atom. The molecule has 1 aliphatic rings. The first-order chi connectivity index (χ1) is 8.16. The van der Waals surface area contributed by atoms with Crippen molar-refractivity contribution in [3.05, 3.63) is 41.8 Å². The van der Waals surface area contributed by atoms with Crippen LogP contribution in [-0.4, -0.2) is 0 Å². The first kappa shape index (κ1) is 12.7. The summed E-state index contributed by atoms with van der Waals surface area (Å²) in [6.07, 6.45) is 5.37. The fourth-order valence-electron chi connectivity index (χ4n) is 3.24. The molecule has 93 valence electrons. The van der Waals surface area contributed by atoms with Gasteiger partial charge in [-0.05, 0) is 48.5 Å². The molecular formula is C17H25. The van der Waals surface area contributed by atoms with Crippen LogP contribution in [0.5, 0.6) is 0 Å². The zero-order valence-corrected chi connectivity index (χ0v) is 11.4. The topological polar surface area (TPSA) is 0 Å². The summed E-state index contributed by atoms with van der Waals surface area (Å²) in [7, 11) is 0. The smallest absolute Gasteiger partial charge is 0.0161 e. The van der Waals surface area contributed by atoms with Crippen molar-refractivity contribution < 1.29 is 0 Å². The molecule has 0 bridgehead atoms. The highest BCUT2D eigenvalue weighted by Crippen LogP contribution is 2.41. The van der Waals surface area contributed by atoms with Gasteiger partial charge >= 0.3 is 0 Å². The maximum absolute atomic E-state index is 2.40. The molecule has 0 aromatic heterocycles. The average Bonchev–Trinajstić information content (AvgIpc) is 2.30. The molecule has 1 aromatic rings. The Bertz CT molecular complexity index is 325. The van der Waals surface area contributed by atoms with Gasteiger partial charge in [0.2, 0.25) is 0 Å². The van der Waals surface area contributed by atoms with Gasteiger partial charge in [0.25, 0.3) is 0 Å². The summed E-state index contributed by atoms with van der Waals surface area (Å²) in [4.78, 5) is 0.